The maximum absolute atomic E-state index is 5.43. The Balaban J connectivity index is 1.69. The summed E-state index contributed by atoms with van der Waals surface area (Å²) in [5.74, 6) is 0.986. The third-order valence-electron chi connectivity index (χ3n) is 5.03. The van der Waals surface area contributed by atoms with E-state index in [9.17, 15) is 0 Å². The maximum atomic E-state index is 5.43. The molecule has 108 valence electrons. The fourth-order valence-corrected chi connectivity index (χ4v) is 3.58. The number of benzene rings is 2. The van der Waals surface area contributed by atoms with Gasteiger partial charge in [-0.05, 0) is 48.1 Å². The molecule has 0 bridgehead atoms. The molecule has 2 aromatic carbocycles. The van der Waals surface area contributed by atoms with Crippen LogP contribution in [-0.2, 0) is 11.8 Å². The Bertz CT molecular complexity index is 646. The highest BCUT2D eigenvalue weighted by Crippen LogP contribution is 2.53. The highest BCUT2D eigenvalue weighted by Gasteiger charge is 2.48. The molecule has 1 aliphatic carbocycles. The van der Waals surface area contributed by atoms with Crippen molar-refractivity contribution in [3.63, 3.8) is 0 Å². The number of rotatable bonds is 3. The predicted octanol–water partition coefficient (Wildman–Crippen LogP) is 3.61. The number of fused-ring (bicyclic) bond motifs is 2. The zero-order valence-electron chi connectivity index (χ0n) is 12.4. The molecular formula is C19H21NO. The van der Waals surface area contributed by atoms with Crippen LogP contribution in [0, 0.1) is 0 Å². The van der Waals surface area contributed by atoms with Crippen molar-refractivity contribution in [3.8, 4) is 5.75 Å². The van der Waals surface area contributed by atoms with Crippen LogP contribution in [0.2, 0.25) is 0 Å². The van der Waals surface area contributed by atoms with Crippen LogP contribution in [0.25, 0.3) is 0 Å². The topological polar surface area (TPSA) is 21.3 Å². The summed E-state index contributed by atoms with van der Waals surface area (Å²) in [7, 11) is 1.75. The molecule has 2 heteroatoms. The van der Waals surface area contributed by atoms with Gasteiger partial charge in [0, 0.05) is 18.0 Å². The standard InChI is InChI=1S/C19H21NO/c1-21-15-7-8-16-17(12-15)19(9-10-19)13-20-18(16)11-14-5-3-2-4-6-14/h2-8,12,18,20H,9-11,13H2,1H3. The van der Waals surface area contributed by atoms with E-state index in [-0.39, 0.29) is 0 Å². The molecule has 4 rings (SSSR count). The second-order valence-corrected chi connectivity index (χ2v) is 6.36. The Kier molecular flexibility index (Phi) is 3.00. The molecule has 0 saturated heterocycles. The SMILES string of the molecule is COc1ccc2c(c1)C1(CC1)CNC2Cc1ccccc1. The second-order valence-electron chi connectivity index (χ2n) is 6.36. The van der Waals surface area contributed by atoms with Gasteiger partial charge in [-0.25, -0.2) is 0 Å². The van der Waals surface area contributed by atoms with Gasteiger partial charge in [-0.2, -0.15) is 0 Å². The maximum Gasteiger partial charge on any atom is 0.119 e. The molecule has 1 fully saturated rings. The first kappa shape index (κ1) is 12.9. The number of hydrogen-bond acceptors (Lipinski definition) is 2. The van der Waals surface area contributed by atoms with Gasteiger partial charge < -0.3 is 10.1 Å². The molecule has 21 heavy (non-hydrogen) atoms. The molecule has 1 aliphatic heterocycles. The van der Waals surface area contributed by atoms with E-state index in [0.717, 1.165) is 18.7 Å². The summed E-state index contributed by atoms with van der Waals surface area (Å²) in [6.45, 7) is 1.10. The van der Waals surface area contributed by atoms with Gasteiger partial charge >= 0.3 is 0 Å². The quantitative estimate of drug-likeness (QED) is 0.926. The molecule has 2 aromatic rings. The fourth-order valence-electron chi connectivity index (χ4n) is 3.58. The Labute approximate surface area is 126 Å². The van der Waals surface area contributed by atoms with Gasteiger partial charge in [0.05, 0.1) is 7.11 Å². The zero-order valence-corrected chi connectivity index (χ0v) is 12.4. The molecule has 1 saturated carbocycles. The van der Waals surface area contributed by atoms with Crippen LogP contribution in [0.15, 0.2) is 48.5 Å². The highest BCUT2D eigenvalue weighted by molar-refractivity contribution is 5.48. The van der Waals surface area contributed by atoms with E-state index in [1.165, 1.54) is 29.5 Å². The monoisotopic (exact) mass is 279 g/mol. The molecule has 1 N–H and O–H groups in total. The number of ether oxygens (including phenoxy) is 1. The van der Waals surface area contributed by atoms with Crippen molar-refractivity contribution in [1.82, 2.24) is 5.32 Å². The number of hydrogen-bond donors (Lipinski definition) is 1. The summed E-state index contributed by atoms with van der Waals surface area (Å²) >= 11 is 0. The highest BCUT2D eigenvalue weighted by atomic mass is 16.5. The van der Waals surface area contributed by atoms with Crippen LogP contribution in [0.5, 0.6) is 5.75 Å². The minimum atomic E-state index is 0.386. The number of methoxy groups -OCH3 is 1. The van der Waals surface area contributed by atoms with E-state index < -0.39 is 0 Å². The summed E-state index contributed by atoms with van der Waals surface area (Å²) in [4.78, 5) is 0. The lowest BCUT2D eigenvalue weighted by atomic mass is 9.82. The summed E-state index contributed by atoms with van der Waals surface area (Å²) < 4.78 is 5.43. The van der Waals surface area contributed by atoms with E-state index in [0.29, 0.717) is 11.5 Å². The van der Waals surface area contributed by atoms with Gasteiger partial charge in [0.15, 0.2) is 0 Å². The Morgan fingerprint density at radius 2 is 1.95 bits per heavy atom. The van der Waals surface area contributed by atoms with Crippen LogP contribution in [-0.4, -0.2) is 13.7 Å². The van der Waals surface area contributed by atoms with Gasteiger partial charge in [-0.3, -0.25) is 0 Å². The van der Waals surface area contributed by atoms with E-state index in [4.69, 9.17) is 4.74 Å². The van der Waals surface area contributed by atoms with E-state index >= 15 is 0 Å². The lowest BCUT2D eigenvalue weighted by Crippen LogP contribution is -2.38. The average molecular weight is 279 g/mol. The minimum absolute atomic E-state index is 0.386. The summed E-state index contributed by atoms with van der Waals surface area (Å²) in [5, 5.41) is 3.77. The number of nitrogens with one attached hydrogen (secondary N) is 1. The average Bonchev–Trinajstić information content (AvgIpc) is 3.32. The van der Waals surface area contributed by atoms with Crippen molar-refractivity contribution in [3.05, 3.63) is 65.2 Å². The van der Waals surface area contributed by atoms with Crippen molar-refractivity contribution < 1.29 is 4.74 Å². The zero-order chi connectivity index (χ0) is 14.3. The normalized spacial score (nSPS) is 21.9. The van der Waals surface area contributed by atoms with Gasteiger partial charge in [0.25, 0.3) is 0 Å². The van der Waals surface area contributed by atoms with E-state index in [2.05, 4.69) is 53.8 Å². The minimum Gasteiger partial charge on any atom is -0.497 e. The second kappa shape index (κ2) is 4.88. The van der Waals surface area contributed by atoms with Crippen molar-refractivity contribution in [2.75, 3.05) is 13.7 Å². The summed E-state index contributed by atoms with van der Waals surface area (Å²) in [6.07, 6.45) is 3.66. The van der Waals surface area contributed by atoms with Crippen molar-refractivity contribution in [2.45, 2.75) is 30.7 Å². The largest absolute Gasteiger partial charge is 0.497 e. The Hall–Kier alpha value is -1.80. The van der Waals surface area contributed by atoms with Gasteiger partial charge in [0.1, 0.15) is 5.75 Å². The van der Waals surface area contributed by atoms with Crippen LogP contribution in [0.3, 0.4) is 0 Å². The van der Waals surface area contributed by atoms with Crippen LogP contribution in [0.1, 0.15) is 35.6 Å². The first-order valence-corrected chi connectivity index (χ1v) is 7.76. The van der Waals surface area contributed by atoms with Crippen LogP contribution < -0.4 is 10.1 Å². The first-order valence-electron chi connectivity index (χ1n) is 7.76. The van der Waals surface area contributed by atoms with Gasteiger partial charge in [-0.15, -0.1) is 0 Å². The molecule has 1 atom stereocenters. The molecule has 0 radical (unpaired) electrons. The van der Waals surface area contributed by atoms with Crippen LogP contribution >= 0.6 is 0 Å². The summed E-state index contributed by atoms with van der Waals surface area (Å²) in [5.41, 5.74) is 4.75. The van der Waals surface area contributed by atoms with E-state index in [1.807, 2.05) is 0 Å². The molecule has 1 unspecified atom stereocenters. The Morgan fingerprint density at radius 1 is 1.14 bits per heavy atom. The lowest BCUT2D eigenvalue weighted by Gasteiger charge is -2.33. The Morgan fingerprint density at radius 3 is 2.67 bits per heavy atom. The molecular weight excluding hydrogens is 258 g/mol. The molecule has 2 aliphatic rings. The van der Waals surface area contributed by atoms with Crippen molar-refractivity contribution in [1.29, 1.82) is 0 Å². The van der Waals surface area contributed by atoms with Gasteiger partial charge in [0.2, 0.25) is 0 Å². The molecule has 2 nitrogen and oxygen atoms in total. The van der Waals surface area contributed by atoms with Gasteiger partial charge in [-0.1, -0.05) is 36.4 Å². The first-order chi connectivity index (χ1) is 10.3. The van der Waals surface area contributed by atoms with Crippen molar-refractivity contribution >= 4 is 0 Å². The molecule has 0 aromatic heterocycles. The predicted molar refractivity (Wildman–Crippen MR) is 84.8 cm³/mol. The molecule has 0 amide bonds. The van der Waals surface area contributed by atoms with Crippen molar-refractivity contribution in [2.24, 2.45) is 0 Å². The third-order valence-corrected chi connectivity index (χ3v) is 5.03. The van der Waals surface area contributed by atoms with E-state index in [1.54, 1.807) is 7.11 Å². The van der Waals surface area contributed by atoms with Crippen LogP contribution in [0.4, 0.5) is 0 Å². The summed E-state index contributed by atoms with van der Waals surface area (Å²) in [6, 6.07) is 17.8. The fraction of sp³-hybridized carbons (Fsp3) is 0.368. The lowest BCUT2D eigenvalue weighted by molar-refractivity contribution is 0.406. The molecule has 1 heterocycles. The molecule has 1 spiro atoms. The smallest absolute Gasteiger partial charge is 0.119 e. The third kappa shape index (κ3) is 2.24.